The number of morpholine rings is 1. The Morgan fingerprint density at radius 1 is 1.10 bits per heavy atom. The Bertz CT molecular complexity index is 915. The van der Waals surface area contributed by atoms with E-state index in [0.29, 0.717) is 49.8 Å². The van der Waals surface area contributed by atoms with E-state index >= 15 is 0 Å². The van der Waals surface area contributed by atoms with Crippen molar-refractivity contribution >= 4 is 29.1 Å². The normalized spacial score (nSPS) is 19.8. The van der Waals surface area contributed by atoms with Crippen LogP contribution in [-0.4, -0.2) is 47.1 Å². The monoisotopic (exact) mass is 411 g/mol. The molecule has 2 aromatic rings. The van der Waals surface area contributed by atoms with Crippen molar-refractivity contribution in [2.75, 3.05) is 19.7 Å². The van der Waals surface area contributed by atoms with Gasteiger partial charge in [0.2, 0.25) is 5.91 Å². The largest absolute Gasteiger partial charge is 0.370 e. The number of carbonyl (C=O) groups excluding carboxylic acids is 2. The van der Waals surface area contributed by atoms with E-state index in [9.17, 15) is 9.59 Å². The highest BCUT2D eigenvalue weighted by atomic mass is 35.5. The molecule has 6 nitrogen and oxygen atoms in total. The van der Waals surface area contributed by atoms with Gasteiger partial charge in [-0.15, -0.1) is 0 Å². The fourth-order valence-electron chi connectivity index (χ4n) is 3.53. The lowest BCUT2D eigenvalue weighted by Crippen LogP contribution is -2.47. The van der Waals surface area contributed by atoms with Crippen LogP contribution in [0.1, 0.15) is 30.1 Å². The molecule has 7 heteroatoms. The number of carbonyl (C=O) groups is 2. The number of benzene rings is 2. The van der Waals surface area contributed by atoms with Gasteiger partial charge in [-0.2, -0.15) is 5.10 Å². The third kappa shape index (κ3) is 4.66. The topological polar surface area (TPSA) is 62.2 Å². The van der Waals surface area contributed by atoms with Crippen molar-refractivity contribution in [2.24, 2.45) is 5.10 Å². The average Bonchev–Trinajstić information content (AvgIpc) is 2.76. The molecule has 0 aromatic heterocycles. The molecule has 2 aromatic carbocycles. The molecule has 0 saturated carbocycles. The SMILES string of the molecule is O=C(C1=NN(Cc2ccccc2)C(=O)CC1)N1CCOC(c2ccc(Cl)cc2)C1. The predicted molar refractivity (Wildman–Crippen MR) is 110 cm³/mol. The van der Waals surface area contributed by atoms with Gasteiger partial charge in [0.15, 0.2) is 0 Å². The zero-order chi connectivity index (χ0) is 20.2. The van der Waals surface area contributed by atoms with E-state index in [2.05, 4.69) is 5.10 Å². The van der Waals surface area contributed by atoms with Crippen LogP contribution in [0.4, 0.5) is 0 Å². The maximum absolute atomic E-state index is 13.1. The summed E-state index contributed by atoms with van der Waals surface area (Å²) in [7, 11) is 0. The number of nitrogens with zero attached hydrogens (tertiary/aromatic N) is 3. The van der Waals surface area contributed by atoms with Crippen LogP contribution in [0.2, 0.25) is 5.02 Å². The highest BCUT2D eigenvalue weighted by Gasteiger charge is 2.31. The molecular formula is C22H22ClN3O3. The number of hydrogen-bond acceptors (Lipinski definition) is 4. The minimum atomic E-state index is -0.198. The van der Waals surface area contributed by atoms with Crippen molar-refractivity contribution in [3.63, 3.8) is 0 Å². The van der Waals surface area contributed by atoms with Crippen LogP contribution in [0.3, 0.4) is 0 Å². The van der Waals surface area contributed by atoms with Gasteiger partial charge in [-0.25, -0.2) is 5.01 Å². The van der Waals surface area contributed by atoms with E-state index in [1.54, 1.807) is 4.90 Å². The Morgan fingerprint density at radius 3 is 2.62 bits per heavy atom. The average molecular weight is 412 g/mol. The summed E-state index contributed by atoms with van der Waals surface area (Å²) in [6.45, 7) is 1.78. The number of hydrogen-bond donors (Lipinski definition) is 0. The van der Waals surface area contributed by atoms with E-state index in [0.717, 1.165) is 11.1 Å². The Balaban J connectivity index is 1.46. The van der Waals surface area contributed by atoms with Crippen molar-refractivity contribution < 1.29 is 14.3 Å². The van der Waals surface area contributed by atoms with Gasteiger partial charge in [-0.1, -0.05) is 54.1 Å². The third-order valence-corrected chi connectivity index (χ3v) is 5.37. The standard InChI is InChI=1S/C22H22ClN3O3/c23-18-8-6-17(7-9-18)20-15-25(12-13-29-20)22(28)19-10-11-21(27)26(24-19)14-16-4-2-1-3-5-16/h1-9,20H,10-15H2. The molecule has 1 fully saturated rings. The second-order valence-corrected chi connectivity index (χ2v) is 7.58. The van der Waals surface area contributed by atoms with Gasteiger partial charge in [0.1, 0.15) is 11.8 Å². The molecule has 0 spiro atoms. The minimum Gasteiger partial charge on any atom is -0.370 e. The smallest absolute Gasteiger partial charge is 0.270 e. The second kappa shape index (κ2) is 8.76. The van der Waals surface area contributed by atoms with Gasteiger partial charge < -0.3 is 9.64 Å². The summed E-state index contributed by atoms with van der Waals surface area (Å²) in [4.78, 5) is 27.1. The quantitative estimate of drug-likeness (QED) is 0.774. The van der Waals surface area contributed by atoms with Crippen molar-refractivity contribution in [3.8, 4) is 0 Å². The first kappa shape index (κ1) is 19.6. The summed E-state index contributed by atoms with van der Waals surface area (Å²) in [5, 5.41) is 6.46. The molecule has 150 valence electrons. The fraction of sp³-hybridized carbons (Fsp3) is 0.318. The number of rotatable bonds is 4. The summed E-state index contributed by atoms with van der Waals surface area (Å²) in [6, 6.07) is 17.1. The molecule has 2 heterocycles. The number of amides is 2. The highest BCUT2D eigenvalue weighted by Crippen LogP contribution is 2.24. The van der Waals surface area contributed by atoms with Gasteiger partial charge >= 0.3 is 0 Å². The van der Waals surface area contributed by atoms with Crippen LogP contribution in [-0.2, 0) is 20.9 Å². The Labute approximate surface area is 174 Å². The Morgan fingerprint density at radius 2 is 1.86 bits per heavy atom. The van der Waals surface area contributed by atoms with Crippen molar-refractivity contribution in [3.05, 3.63) is 70.7 Å². The zero-order valence-corrected chi connectivity index (χ0v) is 16.7. The second-order valence-electron chi connectivity index (χ2n) is 7.15. The highest BCUT2D eigenvalue weighted by molar-refractivity contribution is 6.39. The summed E-state index contributed by atoms with van der Waals surface area (Å²) < 4.78 is 5.85. The molecule has 2 aliphatic heterocycles. The van der Waals surface area contributed by atoms with Gasteiger partial charge in [0.25, 0.3) is 5.91 Å². The van der Waals surface area contributed by atoms with Crippen LogP contribution >= 0.6 is 11.6 Å². The maximum Gasteiger partial charge on any atom is 0.270 e. The fourth-order valence-corrected chi connectivity index (χ4v) is 3.66. The van der Waals surface area contributed by atoms with E-state index in [1.807, 2.05) is 54.6 Å². The molecule has 0 bridgehead atoms. The van der Waals surface area contributed by atoms with E-state index in [-0.39, 0.29) is 17.9 Å². The number of hydrazone groups is 1. The summed E-state index contributed by atoms with van der Waals surface area (Å²) in [5.74, 6) is -0.191. The van der Waals surface area contributed by atoms with Gasteiger partial charge in [-0.05, 0) is 23.3 Å². The molecule has 0 N–H and O–H groups in total. The van der Waals surface area contributed by atoms with Gasteiger partial charge in [0.05, 0.1) is 19.7 Å². The Kier molecular flexibility index (Phi) is 5.92. The molecular weight excluding hydrogens is 390 g/mol. The first-order valence-corrected chi connectivity index (χ1v) is 10.1. The molecule has 0 aliphatic carbocycles. The van der Waals surface area contributed by atoms with Crippen LogP contribution < -0.4 is 0 Å². The lowest BCUT2D eigenvalue weighted by atomic mass is 10.1. The zero-order valence-electron chi connectivity index (χ0n) is 16.0. The lowest BCUT2D eigenvalue weighted by Gasteiger charge is -2.34. The van der Waals surface area contributed by atoms with E-state index in [1.165, 1.54) is 5.01 Å². The van der Waals surface area contributed by atoms with E-state index in [4.69, 9.17) is 16.3 Å². The predicted octanol–water partition coefficient (Wildman–Crippen LogP) is 3.42. The van der Waals surface area contributed by atoms with Crippen molar-refractivity contribution in [1.29, 1.82) is 0 Å². The summed E-state index contributed by atoms with van der Waals surface area (Å²) >= 11 is 5.96. The first-order valence-electron chi connectivity index (χ1n) is 9.68. The molecule has 1 unspecified atom stereocenters. The maximum atomic E-state index is 13.1. The molecule has 1 atom stereocenters. The lowest BCUT2D eigenvalue weighted by molar-refractivity contribution is -0.134. The van der Waals surface area contributed by atoms with Crippen LogP contribution in [0.15, 0.2) is 59.7 Å². The third-order valence-electron chi connectivity index (χ3n) is 5.12. The molecule has 0 radical (unpaired) electrons. The van der Waals surface area contributed by atoms with Crippen LogP contribution in [0, 0.1) is 0 Å². The molecule has 1 saturated heterocycles. The van der Waals surface area contributed by atoms with Crippen LogP contribution in [0.25, 0.3) is 0 Å². The van der Waals surface area contributed by atoms with Crippen molar-refractivity contribution in [2.45, 2.75) is 25.5 Å². The summed E-state index contributed by atoms with van der Waals surface area (Å²) in [6.07, 6.45) is 0.463. The molecule has 29 heavy (non-hydrogen) atoms. The van der Waals surface area contributed by atoms with Crippen molar-refractivity contribution in [1.82, 2.24) is 9.91 Å². The Hall–Kier alpha value is -2.70. The van der Waals surface area contributed by atoms with Gasteiger partial charge in [-0.3, -0.25) is 9.59 Å². The molecule has 2 aliphatic rings. The first-order chi connectivity index (χ1) is 14.1. The molecule has 2 amide bonds. The molecule has 4 rings (SSSR count). The van der Waals surface area contributed by atoms with Gasteiger partial charge in [0, 0.05) is 24.4 Å². The number of halogens is 1. The summed E-state index contributed by atoms with van der Waals surface area (Å²) in [5.41, 5.74) is 2.39. The number of ether oxygens (including phenoxy) is 1. The minimum absolute atomic E-state index is 0.0635. The van der Waals surface area contributed by atoms with E-state index < -0.39 is 0 Å². The van der Waals surface area contributed by atoms with Crippen LogP contribution in [0.5, 0.6) is 0 Å².